The molecule has 0 aromatic heterocycles. The van der Waals surface area contributed by atoms with Crippen molar-refractivity contribution in [2.24, 2.45) is 0 Å². The molecule has 19 heavy (non-hydrogen) atoms. The van der Waals surface area contributed by atoms with Crippen molar-refractivity contribution in [1.29, 1.82) is 0 Å². The molecular formula is C13H16F2N2O2. The fourth-order valence-electron chi connectivity index (χ4n) is 3.12. The van der Waals surface area contributed by atoms with Gasteiger partial charge in [0.1, 0.15) is 17.0 Å². The number of hydrogen-bond acceptors (Lipinski definition) is 3. The van der Waals surface area contributed by atoms with E-state index in [0.29, 0.717) is 6.54 Å². The molecule has 3 aliphatic rings. The highest BCUT2D eigenvalue weighted by molar-refractivity contribution is 5.95. The van der Waals surface area contributed by atoms with Gasteiger partial charge in [-0.25, -0.2) is 8.78 Å². The summed E-state index contributed by atoms with van der Waals surface area (Å²) >= 11 is 0. The van der Waals surface area contributed by atoms with Gasteiger partial charge in [0.25, 0.3) is 11.8 Å². The van der Waals surface area contributed by atoms with Crippen molar-refractivity contribution in [1.82, 2.24) is 9.80 Å². The van der Waals surface area contributed by atoms with E-state index in [-0.39, 0.29) is 43.2 Å². The summed E-state index contributed by atoms with van der Waals surface area (Å²) in [6, 6.07) is 0. The van der Waals surface area contributed by atoms with E-state index < -0.39 is 11.5 Å². The molecule has 1 atom stereocenters. The monoisotopic (exact) mass is 270 g/mol. The summed E-state index contributed by atoms with van der Waals surface area (Å²) in [5, 5.41) is 9.90. The van der Waals surface area contributed by atoms with Gasteiger partial charge in [0, 0.05) is 25.6 Å². The van der Waals surface area contributed by atoms with Crippen molar-refractivity contribution < 1.29 is 18.7 Å². The maximum absolute atomic E-state index is 14.4. The Bertz CT molecular complexity index is 501. The number of carbonyl (C=O) groups excluding carboxylic acids is 1. The summed E-state index contributed by atoms with van der Waals surface area (Å²) in [6.07, 6.45) is 3.36. The van der Waals surface area contributed by atoms with Gasteiger partial charge in [-0.05, 0) is 13.3 Å². The number of hydrogen-bond donors (Lipinski definition) is 1. The van der Waals surface area contributed by atoms with Gasteiger partial charge in [0.15, 0.2) is 0 Å². The number of carbonyl (C=O) groups is 1. The first-order valence-electron chi connectivity index (χ1n) is 6.42. The normalized spacial score (nSPS) is 33.3. The first-order valence-corrected chi connectivity index (χ1v) is 6.42. The van der Waals surface area contributed by atoms with Crippen molar-refractivity contribution in [3.05, 3.63) is 23.7 Å². The van der Waals surface area contributed by atoms with Gasteiger partial charge in [-0.1, -0.05) is 6.08 Å². The molecule has 0 radical (unpaired) electrons. The van der Waals surface area contributed by atoms with E-state index >= 15 is 0 Å². The van der Waals surface area contributed by atoms with Crippen LogP contribution in [-0.2, 0) is 4.79 Å². The lowest BCUT2D eigenvalue weighted by Gasteiger charge is -2.51. The largest absolute Gasteiger partial charge is 0.510 e. The molecule has 4 nitrogen and oxygen atoms in total. The molecule has 2 fully saturated rings. The average Bonchev–Trinajstić information content (AvgIpc) is 2.44. The van der Waals surface area contributed by atoms with Crippen LogP contribution in [0.2, 0.25) is 0 Å². The minimum atomic E-state index is -2.91. The van der Waals surface area contributed by atoms with Crippen LogP contribution in [-0.4, -0.2) is 45.4 Å². The van der Waals surface area contributed by atoms with Gasteiger partial charge in [-0.3, -0.25) is 4.79 Å². The first kappa shape index (κ1) is 12.4. The zero-order valence-corrected chi connectivity index (χ0v) is 10.7. The average molecular weight is 270 g/mol. The summed E-state index contributed by atoms with van der Waals surface area (Å²) in [6.45, 7) is 1.76. The second kappa shape index (κ2) is 3.71. The Kier molecular flexibility index (Phi) is 2.43. The lowest BCUT2D eigenvalue weighted by atomic mass is 9.86. The van der Waals surface area contributed by atoms with E-state index in [4.69, 9.17) is 0 Å². The van der Waals surface area contributed by atoms with Crippen LogP contribution in [0.1, 0.15) is 26.2 Å². The minimum Gasteiger partial charge on any atom is -0.510 e. The van der Waals surface area contributed by atoms with Crippen molar-refractivity contribution in [3.63, 3.8) is 0 Å². The Hall–Kier alpha value is -1.59. The fourth-order valence-corrected chi connectivity index (χ4v) is 3.12. The van der Waals surface area contributed by atoms with Gasteiger partial charge >= 0.3 is 0 Å². The molecule has 0 aromatic rings. The van der Waals surface area contributed by atoms with E-state index in [1.165, 1.54) is 22.9 Å². The highest BCUT2D eigenvalue weighted by Gasteiger charge is 2.60. The number of alkyl halides is 2. The topological polar surface area (TPSA) is 43.8 Å². The molecular weight excluding hydrogens is 254 g/mol. The van der Waals surface area contributed by atoms with E-state index in [0.717, 1.165) is 0 Å². The van der Waals surface area contributed by atoms with Crippen molar-refractivity contribution in [2.45, 2.75) is 37.6 Å². The third kappa shape index (κ3) is 1.52. The van der Waals surface area contributed by atoms with Crippen LogP contribution in [0.5, 0.6) is 0 Å². The Labute approximate surface area is 110 Å². The Morgan fingerprint density at radius 3 is 2.89 bits per heavy atom. The van der Waals surface area contributed by atoms with Crippen LogP contribution in [0.25, 0.3) is 0 Å². The Morgan fingerprint density at radius 1 is 1.42 bits per heavy atom. The first-order chi connectivity index (χ1) is 8.87. The van der Waals surface area contributed by atoms with E-state index in [1.54, 1.807) is 6.08 Å². The summed E-state index contributed by atoms with van der Waals surface area (Å²) in [5.74, 6) is -3.38. The number of rotatable bonds is 0. The SMILES string of the molecule is CC12CN(CCCC1(F)F)C(=O)C1=C(O)CC=CN12. The number of piperazine rings is 1. The van der Waals surface area contributed by atoms with Crippen LogP contribution in [0.15, 0.2) is 23.7 Å². The van der Waals surface area contributed by atoms with Crippen molar-refractivity contribution in [3.8, 4) is 0 Å². The fraction of sp³-hybridized carbons (Fsp3) is 0.615. The molecule has 3 rings (SSSR count). The van der Waals surface area contributed by atoms with Crippen LogP contribution in [0.3, 0.4) is 0 Å². The molecule has 104 valence electrons. The second-order valence-electron chi connectivity index (χ2n) is 5.56. The summed E-state index contributed by atoms with van der Waals surface area (Å²) in [7, 11) is 0. The van der Waals surface area contributed by atoms with E-state index in [2.05, 4.69) is 0 Å². The van der Waals surface area contributed by atoms with E-state index in [1.807, 2.05) is 0 Å². The number of aliphatic hydroxyl groups excluding tert-OH is 1. The molecule has 0 saturated carbocycles. The predicted octanol–water partition coefficient (Wildman–Crippen LogP) is 2.01. The molecule has 3 heterocycles. The third-order valence-electron chi connectivity index (χ3n) is 4.31. The summed E-state index contributed by atoms with van der Waals surface area (Å²) in [5.41, 5.74) is -1.48. The molecule has 1 N–H and O–H groups in total. The highest BCUT2D eigenvalue weighted by atomic mass is 19.3. The van der Waals surface area contributed by atoms with Gasteiger partial charge in [0.2, 0.25) is 0 Å². The lowest BCUT2D eigenvalue weighted by Crippen LogP contribution is -2.66. The van der Waals surface area contributed by atoms with Crippen LogP contribution < -0.4 is 0 Å². The van der Waals surface area contributed by atoms with Crippen LogP contribution >= 0.6 is 0 Å². The zero-order valence-electron chi connectivity index (χ0n) is 10.7. The number of aliphatic hydroxyl groups is 1. The number of halogens is 2. The molecule has 2 saturated heterocycles. The van der Waals surface area contributed by atoms with Gasteiger partial charge in [0.05, 0.1) is 6.54 Å². The summed E-state index contributed by atoms with van der Waals surface area (Å²) in [4.78, 5) is 15.0. The Balaban J connectivity index is 2.17. The second-order valence-corrected chi connectivity index (χ2v) is 5.56. The summed E-state index contributed by atoms with van der Waals surface area (Å²) < 4.78 is 28.9. The minimum absolute atomic E-state index is 0.0119. The smallest absolute Gasteiger partial charge is 0.274 e. The van der Waals surface area contributed by atoms with Crippen molar-refractivity contribution >= 4 is 5.91 Å². The van der Waals surface area contributed by atoms with E-state index in [9.17, 15) is 18.7 Å². The standard InChI is InChI=1S/C13H16F2N2O2/c1-12-8-16(6-3-5-13(12,14)15)11(19)10-9(18)4-2-7-17(10)12/h2,7,18H,3-6,8H2,1H3. The molecule has 3 aliphatic heterocycles. The molecule has 1 amide bonds. The maximum Gasteiger partial charge on any atom is 0.274 e. The lowest BCUT2D eigenvalue weighted by molar-refractivity contribution is -0.154. The predicted molar refractivity (Wildman–Crippen MR) is 64.4 cm³/mol. The van der Waals surface area contributed by atoms with Gasteiger partial charge in [-0.15, -0.1) is 0 Å². The number of nitrogens with zero attached hydrogens (tertiary/aromatic N) is 2. The number of amides is 1. The molecule has 6 heteroatoms. The Morgan fingerprint density at radius 2 is 2.16 bits per heavy atom. The molecule has 0 aromatic carbocycles. The maximum atomic E-state index is 14.4. The highest BCUT2D eigenvalue weighted by Crippen LogP contribution is 2.46. The molecule has 0 aliphatic carbocycles. The number of allylic oxidation sites excluding steroid dienone is 1. The third-order valence-corrected chi connectivity index (χ3v) is 4.31. The number of fused-ring (bicyclic) bond motifs is 4. The molecule has 2 bridgehead atoms. The van der Waals surface area contributed by atoms with Crippen molar-refractivity contribution in [2.75, 3.05) is 13.1 Å². The quantitative estimate of drug-likeness (QED) is 0.732. The van der Waals surface area contributed by atoms with Crippen LogP contribution in [0.4, 0.5) is 8.78 Å². The van der Waals surface area contributed by atoms with Gasteiger partial charge in [-0.2, -0.15) is 0 Å². The van der Waals surface area contributed by atoms with Crippen LogP contribution in [0, 0.1) is 0 Å². The molecule has 1 unspecified atom stereocenters. The zero-order chi connectivity index (χ0) is 13.8. The molecule has 0 spiro atoms. The van der Waals surface area contributed by atoms with Gasteiger partial charge < -0.3 is 14.9 Å².